The van der Waals surface area contributed by atoms with Crippen LogP contribution in [0.5, 0.6) is 0 Å². The first kappa shape index (κ1) is 31.2. The molecule has 1 aromatic heterocycles. The number of halogens is 3. The van der Waals surface area contributed by atoms with E-state index in [1.54, 1.807) is 29.2 Å². The summed E-state index contributed by atoms with van der Waals surface area (Å²) in [5.74, 6) is 0.592. The molecule has 0 bridgehead atoms. The average Bonchev–Trinajstić information content (AvgIpc) is 3.38. The number of likely N-dealkylation sites (tertiary alicyclic amines) is 1. The van der Waals surface area contributed by atoms with Gasteiger partial charge in [-0.3, -0.25) is 4.90 Å². The summed E-state index contributed by atoms with van der Waals surface area (Å²) in [6, 6.07) is 8.06. The van der Waals surface area contributed by atoms with Gasteiger partial charge in [0.1, 0.15) is 12.7 Å². The van der Waals surface area contributed by atoms with Gasteiger partial charge in [0.2, 0.25) is 0 Å². The van der Waals surface area contributed by atoms with Crippen molar-refractivity contribution >= 4 is 5.69 Å². The molecule has 9 heteroatoms. The number of piperidine rings is 1. The molecule has 1 atom stereocenters. The molecule has 5 rings (SSSR count). The number of nitrogens with one attached hydrogen (secondary N) is 1. The molecule has 2 aliphatic heterocycles. The van der Waals surface area contributed by atoms with Crippen molar-refractivity contribution in [2.45, 2.75) is 57.5 Å². The molecule has 2 aromatic rings. The number of allylic oxidation sites excluding steroid dienone is 1. The second-order valence-corrected chi connectivity index (χ2v) is 11.1. The highest BCUT2D eigenvalue weighted by Crippen LogP contribution is 2.43. The van der Waals surface area contributed by atoms with Crippen molar-refractivity contribution in [1.82, 2.24) is 24.6 Å². The molecule has 0 spiro atoms. The molecule has 218 valence electrons. The zero-order chi connectivity index (χ0) is 29.3. The molecule has 1 saturated heterocycles. The van der Waals surface area contributed by atoms with E-state index < -0.39 is 11.7 Å². The van der Waals surface area contributed by atoms with Crippen molar-refractivity contribution in [3.05, 3.63) is 91.0 Å². The lowest BCUT2D eigenvalue weighted by atomic mass is 9.66. The molecule has 3 aliphatic rings. The lowest BCUT2D eigenvalue weighted by Crippen LogP contribution is -2.36. The molecule has 6 nitrogen and oxygen atoms in total. The summed E-state index contributed by atoms with van der Waals surface area (Å²) in [6.07, 6.45) is 9.33. The van der Waals surface area contributed by atoms with Crippen LogP contribution in [0.2, 0.25) is 0 Å². The van der Waals surface area contributed by atoms with Gasteiger partial charge in [0.25, 0.3) is 0 Å². The average molecular weight is 557 g/mol. The van der Waals surface area contributed by atoms with Crippen molar-refractivity contribution in [2.24, 2.45) is 13.0 Å². The van der Waals surface area contributed by atoms with Crippen LogP contribution in [0.3, 0.4) is 0 Å². The first-order valence-electron chi connectivity index (χ1n) is 13.8. The SMILES string of the molecule is C=C.C[C@H]1CCCN(CC2=CN(C)/C(=C\Nc3cccc(C4(C)CCC4)c3)C(C(F)(F)F)=C2)C1.Cn1cnnc1. The second kappa shape index (κ2) is 13.8. The molecule has 1 aromatic carbocycles. The Labute approximate surface area is 237 Å². The third-order valence-corrected chi connectivity index (χ3v) is 7.72. The maximum absolute atomic E-state index is 14.0. The van der Waals surface area contributed by atoms with E-state index in [9.17, 15) is 13.2 Å². The van der Waals surface area contributed by atoms with Gasteiger partial charge in [0.15, 0.2) is 0 Å². The fourth-order valence-corrected chi connectivity index (χ4v) is 5.37. The van der Waals surface area contributed by atoms with Gasteiger partial charge in [-0.05, 0) is 72.9 Å². The van der Waals surface area contributed by atoms with Gasteiger partial charge in [-0.25, -0.2) is 0 Å². The monoisotopic (exact) mass is 556 g/mol. The molecule has 0 unspecified atom stereocenters. The standard InChI is InChI=1S/C26H34F3N3.C3H5N3.C2H4/c1-19-7-5-12-32(16-19)18-20-13-23(26(27,28)29)24(31(3)17-20)15-30-22-9-4-8-21(14-22)25(2)10-6-11-25;1-6-2-4-5-3-6;1-2/h4,8-9,13-15,17,19,30H,5-7,10-12,16,18H2,1-3H3;2-3H,1H3;1-2H2/b24-15-;;/t19-;;/m0../s1. The number of alkyl halides is 3. The van der Waals surface area contributed by atoms with E-state index in [-0.39, 0.29) is 11.1 Å². The van der Waals surface area contributed by atoms with Gasteiger partial charge in [-0.15, -0.1) is 23.4 Å². The number of likely N-dealkylation sites (N-methyl/N-ethyl adjacent to an activating group) is 1. The smallest absolute Gasteiger partial charge is 0.360 e. The molecule has 3 heterocycles. The van der Waals surface area contributed by atoms with Crippen LogP contribution in [0.25, 0.3) is 0 Å². The highest BCUT2D eigenvalue weighted by molar-refractivity contribution is 5.53. The van der Waals surface area contributed by atoms with Gasteiger partial charge in [-0.1, -0.05) is 32.4 Å². The number of rotatable bonds is 5. The van der Waals surface area contributed by atoms with Gasteiger partial charge in [-0.2, -0.15) is 13.2 Å². The molecule has 40 heavy (non-hydrogen) atoms. The summed E-state index contributed by atoms with van der Waals surface area (Å²) in [5, 5.41) is 10.2. The third kappa shape index (κ3) is 8.34. The van der Waals surface area contributed by atoms with Crippen LogP contribution in [-0.2, 0) is 12.5 Å². The Morgan fingerprint density at radius 3 is 2.38 bits per heavy atom. The minimum Gasteiger partial charge on any atom is -0.360 e. The molecule has 0 radical (unpaired) electrons. The molecular weight excluding hydrogens is 513 g/mol. The first-order chi connectivity index (χ1) is 19.0. The molecular formula is C31H43F3N6. The number of hydrogen-bond donors (Lipinski definition) is 1. The van der Waals surface area contributed by atoms with Crippen molar-refractivity contribution < 1.29 is 13.2 Å². The Bertz CT molecular complexity index is 1180. The Kier molecular flexibility index (Phi) is 10.8. The fraction of sp³-hybridized carbons (Fsp3) is 0.484. The summed E-state index contributed by atoms with van der Waals surface area (Å²) in [6.45, 7) is 12.9. The Hall–Kier alpha value is -3.33. The number of anilines is 1. The zero-order valence-corrected chi connectivity index (χ0v) is 24.2. The lowest BCUT2D eigenvalue weighted by Gasteiger charge is -2.39. The van der Waals surface area contributed by atoms with E-state index >= 15 is 0 Å². The maximum atomic E-state index is 14.0. The van der Waals surface area contributed by atoms with Crippen LogP contribution in [-0.4, -0.2) is 57.4 Å². The normalized spacial score (nSPS) is 21.6. The van der Waals surface area contributed by atoms with E-state index in [1.807, 2.05) is 25.4 Å². The summed E-state index contributed by atoms with van der Waals surface area (Å²) in [5.41, 5.74) is 2.48. The summed E-state index contributed by atoms with van der Waals surface area (Å²) in [4.78, 5) is 3.85. The minimum atomic E-state index is -4.42. The number of nitrogens with zero attached hydrogens (tertiary/aromatic N) is 5. The third-order valence-electron chi connectivity index (χ3n) is 7.72. The lowest BCUT2D eigenvalue weighted by molar-refractivity contribution is -0.0912. The van der Waals surface area contributed by atoms with E-state index in [0.717, 1.165) is 38.0 Å². The number of aromatic nitrogens is 3. The van der Waals surface area contributed by atoms with Crippen molar-refractivity contribution in [1.29, 1.82) is 0 Å². The van der Waals surface area contributed by atoms with Crippen LogP contribution in [0, 0.1) is 5.92 Å². The summed E-state index contributed by atoms with van der Waals surface area (Å²) >= 11 is 0. The highest BCUT2D eigenvalue weighted by Gasteiger charge is 2.39. The molecule has 1 saturated carbocycles. The molecule has 1 aliphatic carbocycles. The first-order valence-corrected chi connectivity index (χ1v) is 13.8. The Balaban J connectivity index is 0.000000481. The fourth-order valence-electron chi connectivity index (χ4n) is 5.37. The van der Waals surface area contributed by atoms with Gasteiger partial charge in [0, 0.05) is 45.3 Å². The van der Waals surface area contributed by atoms with Crippen LogP contribution < -0.4 is 5.32 Å². The molecule has 2 fully saturated rings. The largest absolute Gasteiger partial charge is 0.418 e. The van der Waals surface area contributed by atoms with E-state index in [0.29, 0.717) is 18.0 Å². The van der Waals surface area contributed by atoms with Crippen molar-refractivity contribution in [3.63, 3.8) is 0 Å². The predicted octanol–water partition coefficient (Wildman–Crippen LogP) is 7.05. The topological polar surface area (TPSA) is 49.2 Å². The Morgan fingerprint density at radius 1 is 1.12 bits per heavy atom. The quantitative estimate of drug-likeness (QED) is 0.400. The Morgan fingerprint density at radius 2 is 1.82 bits per heavy atom. The second-order valence-electron chi connectivity index (χ2n) is 11.1. The maximum Gasteiger partial charge on any atom is 0.418 e. The van der Waals surface area contributed by atoms with Gasteiger partial charge < -0.3 is 14.8 Å². The van der Waals surface area contributed by atoms with Crippen molar-refractivity contribution in [2.75, 3.05) is 32.0 Å². The van der Waals surface area contributed by atoms with Crippen molar-refractivity contribution in [3.8, 4) is 0 Å². The predicted molar refractivity (Wildman–Crippen MR) is 156 cm³/mol. The number of hydrogen-bond acceptors (Lipinski definition) is 5. The summed E-state index contributed by atoms with van der Waals surface area (Å²) < 4.78 is 43.7. The van der Waals surface area contributed by atoms with Crippen LogP contribution in [0.4, 0.5) is 18.9 Å². The molecule has 1 N–H and O–H groups in total. The van der Waals surface area contributed by atoms with Crippen LogP contribution >= 0.6 is 0 Å². The summed E-state index contributed by atoms with van der Waals surface area (Å²) in [7, 11) is 3.57. The van der Waals surface area contributed by atoms with Crippen LogP contribution in [0.15, 0.2) is 85.4 Å². The van der Waals surface area contributed by atoms with Gasteiger partial charge >= 0.3 is 6.18 Å². The molecule has 0 amide bonds. The number of aryl methyl sites for hydroxylation is 1. The van der Waals surface area contributed by atoms with E-state index in [2.05, 4.69) is 59.6 Å². The van der Waals surface area contributed by atoms with Gasteiger partial charge in [0.05, 0.1) is 11.3 Å². The van der Waals surface area contributed by atoms with E-state index in [1.165, 1.54) is 30.7 Å². The minimum absolute atomic E-state index is 0.133. The zero-order valence-electron chi connectivity index (χ0n) is 24.2. The van der Waals surface area contributed by atoms with Crippen LogP contribution in [0.1, 0.15) is 51.5 Å². The highest BCUT2D eigenvalue weighted by atomic mass is 19.4. The van der Waals surface area contributed by atoms with E-state index in [4.69, 9.17) is 0 Å². The number of benzene rings is 1.